The average molecular weight is 303 g/mol. The largest absolute Gasteiger partial charge is 0.355 e. The van der Waals surface area contributed by atoms with Crippen LogP contribution in [0.3, 0.4) is 0 Å². The number of hydrogen-bond donors (Lipinski definition) is 0. The van der Waals surface area contributed by atoms with Crippen molar-refractivity contribution >= 4 is 23.1 Å². The molecule has 0 fully saturated rings. The second-order valence-electron chi connectivity index (χ2n) is 4.43. The lowest BCUT2D eigenvalue weighted by atomic mass is 10.1. The minimum atomic E-state index is -0.513. The van der Waals surface area contributed by atoms with Crippen molar-refractivity contribution in [3.8, 4) is 6.07 Å². The van der Waals surface area contributed by atoms with Crippen LogP contribution in [0.15, 0.2) is 36.4 Å². The molecule has 2 rings (SSSR count). The second kappa shape index (κ2) is 6.20. The Labute approximate surface area is 126 Å². The smallest absolute Gasteiger partial charge is 0.276 e. The molecular formula is C14H11ClN4O2. The van der Waals surface area contributed by atoms with Gasteiger partial charge in [0.1, 0.15) is 11.0 Å². The minimum Gasteiger partial charge on any atom is -0.355 e. The molecule has 106 valence electrons. The molecule has 0 aliphatic carbocycles. The van der Waals surface area contributed by atoms with Crippen LogP contribution in [0, 0.1) is 21.4 Å². The molecule has 0 spiro atoms. The van der Waals surface area contributed by atoms with Gasteiger partial charge in [-0.05, 0) is 17.7 Å². The Balaban J connectivity index is 2.25. The molecule has 0 saturated heterocycles. The number of nitriles is 1. The Morgan fingerprint density at radius 3 is 2.86 bits per heavy atom. The summed E-state index contributed by atoms with van der Waals surface area (Å²) in [6.07, 6.45) is 0. The lowest BCUT2D eigenvalue weighted by molar-refractivity contribution is -0.384. The average Bonchev–Trinajstić information content (AvgIpc) is 2.46. The van der Waals surface area contributed by atoms with Crippen LogP contribution in [-0.4, -0.2) is 17.0 Å². The normalized spacial score (nSPS) is 9.95. The first kappa shape index (κ1) is 14.8. The summed E-state index contributed by atoms with van der Waals surface area (Å²) < 4.78 is 0. The van der Waals surface area contributed by atoms with E-state index in [2.05, 4.69) is 11.1 Å². The molecule has 0 radical (unpaired) electrons. The van der Waals surface area contributed by atoms with Crippen molar-refractivity contribution < 1.29 is 4.92 Å². The quantitative estimate of drug-likeness (QED) is 0.492. The molecule has 2 aromatic rings. The van der Waals surface area contributed by atoms with Gasteiger partial charge in [0, 0.05) is 13.6 Å². The SMILES string of the molecule is CN(Cc1cccc(C#N)c1)c1cc([N+](=O)[O-])cc(Cl)n1. The molecule has 21 heavy (non-hydrogen) atoms. The van der Waals surface area contributed by atoms with Gasteiger partial charge in [-0.2, -0.15) is 5.26 Å². The van der Waals surface area contributed by atoms with Crippen LogP contribution in [0.25, 0.3) is 0 Å². The molecular weight excluding hydrogens is 292 g/mol. The van der Waals surface area contributed by atoms with Crippen LogP contribution in [0.4, 0.5) is 11.5 Å². The highest BCUT2D eigenvalue weighted by molar-refractivity contribution is 6.29. The Kier molecular flexibility index (Phi) is 4.36. The van der Waals surface area contributed by atoms with Crippen molar-refractivity contribution in [2.45, 2.75) is 6.54 Å². The van der Waals surface area contributed by atoms with Gasteiger partial charge in [0.25, 0.3) is 5.69 Å². The van der Waals surface area contributed by atoms with Gasteiger partial charge in [-0.15, -0.1) is 0 Å². The van der Waals surface area contributed by atoms with E-state index in [1.807, 2.05) is 6.07 Å². The van der Waals surface area contributed by atoms with Crippen LogP contribution in [0.2, 0.25) is 5.15 Å². The topological polar surface area (TPSA) is 83.1 Å². The zero-order valence-electron chi connectivity index (χ0n) is 11.2. The highest BCUT2D eigenvalue weighted by Gasteiger charge is 2.13. The van der Waals surface area contributed by atoms with Crippen molar-refractivity contribution in [3.63, 3.8) is 0 Å². The molecule has 0 bridgehead atoms. The summed E-state index contributed by atoms with van der Waals surface area (Å²) in [7, 11) is 1.75. The first-order chi connectivity index (χ1) is 9.99. The molecule has 0 unspecified atom stereocenters. The van der Waals surface area contributed by atoms with Crippen LogP contribution >= 0.6 is 11.6 Å². The molecule has 1 aromatic heterocycles. The summed E-state index contributed by atoms with van der Waals surface area (Å²) in [6, 6.07) is 11.8. The Morgan fingerprint density at radius 1 is 1.43 bits per heavy atom. The summed E-state index contributed by atoms with van der Waals surface area (Å²) in [5, 5.41) is 19.8. The molecule has 1 heterocycles. The fraction of sp³-hybridized carbons (Fsp3) is 0.143. The van der Waals surface area contributed by atoms with E-state index in [0.29, 0.717) is 17.9 Å². The van der Waals surface area contributed by atoms with Crippen molar-refractivity contribution in [2.24, 2.45) is 0 Å². The Morgan fingerprint density at radius 2 is 2.19 bits per heavy atom. The third-order valence-corrected chi connectivity index (χ3v) is 3.04. The van der Waals surface area contributed by atoms with Crippen LogP contribution < -0.4 is 4.90 Å². The highest BCUT2D eigenvalue weighted by Crippen LogP contribution is 2.23. The van der Waals surface area contributed by atoms with Gasteiger partial charge in [-0.25, -0.2) is 4.98 Å². The van der Waals surface area contributed by atoms with E-state index < -0.39 is 4.92 Å². The second-order valence-corrected chi connectivity index (χ2v) is 4.82. The lowest BCUT2D eigenvalue weighted by Crippen LogP contribution is -2.18. The predicted octanol–water partition coefficient (Wildman–Crippen LogP) is 3.15. The van der Waals surface area contributed by atoms with E-state index in [0.717, 1.165) is 5.56 Å². The molecule has 0 atom stereocenters. The van der Waals surface area contributed by atoms with E-state index in [-0.39, 0.29) is 10.8 Å². The highest BCUT2D eigenvalue weighted by atomic mass is 35.5. The maximum absolute atomic E-state index is 10.8. The summed E-state index contributed by atoms with van der Waals surface area (Å²) in [6.45, 7) is 0.458. The minimum absolute atomic E-state index is 0.0665. The Bertz CT molecular complexity index is 727. The number of benzene rings is 1. The number of aromatic nitrogens is 1. The van der Waals surface area contributed by atoms with Crippen molar-refractivity contribution in [1.82, 2.24) is 4.98 Å². The van der Waals surface area contributed by atoms with Crippen LogP contribution in [-0.2, 0) is 6.54 Å². The van der Waals surface area contributed by atoms with Gasteiger partial charge in [-0.3, -0.25) is 10.1 Å². The monoisotopic (exact) mass is 302 g/mol. The summed E-state index contributed by atoms with van der Waals surface area (Å²) >= 11 is 5.80. The van der Waals surface area contributed by atoms with Gasteiger partial charge < -0.3 is 4.90 Å². The van der Waals surface area contributed by atoms with Crippen LogP contribution in [0.5, 0.6) is 0 Å². The maximum Gasteiger partial charge on any atom is 0.276 e. The van der Waals surface area contributed by atoms with Gasteiger partial charge in [0.15, 0.2) is 0 Å². The van der Waals surface area contributed by atoms with E-state index >= 15 is 0 Å². The summed E-state index contributed by atoms with van der Waals surface area (Å²) in [5.41, 5.74) is 1.36. The first-order valence-corrected chi connectivity index (χ1v) is 6.39. The molecule has 0 aliphatic heterocycles. The predicted molar refractivity (Wildman–Crippen MR) is 79.2 cm³/mol. The third kappa shape index (κ3) is 3.68. The first-order valence-electron chi connectivity index (χ1n) is 6.02. The van der Waals surface area contributed by atoms with E-state index in [1.165, 1.54) is 12.1 Å². The number of rotatable bonds is 4. The van der Waals surface area contributed by atoms with E-state index in [9.17, 15) is 10.1 Å². The molecule has 7 heteroatoms. The maximum atomic E-state index is 10.8. The fourth-order valence-corrected chi connectivity index (χ4v) is 2.06. The zero-order valence-corrected chi connectivity index (χ0v) is 11.9. The number of anilines is 1. The molecule has 0 amide bonds. The molecule has 0 saturated carbocycles. The van der Waals surface area contributed by atoms with Crippen molar-refractivity contribution in [1.29, 1.82) is 5.26 Å². The zero-order chi connectivity index (χ0) is 15.4. The van der Waals surface area contributed by atoms with Crippen molar-refractivity contribution in [3.05, 3.63) is 62.8 Å². The Hall–Kier alpha value is -2.65. The molecule has 6 nitrogen and oxygen atoms in total. The number of halogens is 1. The number of nitro groups is 1. The fourth-order valence-electron chi connectivity index (χ4n) is 1.86. The van der Waals surface area contributed by atoms with Gasteiger partial charge in [0.2, 0.25) is 0 Å². The molecule has 0 aliphatic rings. The van der Waals surface area contributed by atoms with E-state index in [1.54, 1.807) is 30.1 Å². The van der Waals surface area contributed by atoms with E-state index in [4.69, 9.17) is 16.9 Å². The van der Waals surface area contributed by atoms with Gasteiger partial charge in [0.05, 0.1) is 28.7 Å². The van der Waals surface area contributed by atoms with Gasteiger partial charge in [-0.1, -0.05) is 23.7 Å². The van der Waals surface area contributed by atoms with Crippen molar-refractivity contribution in [2.75, 3.05) is 11.9 Å². The molecule has 0 N–H and O–H groups in total. The summed E-state index contributed by atoms with van der Waals surface area (Å²) in [4.78, 5) is 16.1. The number of hydrogen-bond acceptors (Lipinski definition) is 5. The third-order valence-electron chi connectivity index (χ3n) is 2.84. The van der Waals surface area contributed by atoms with Gasteiger partial charge >= 0.3 is 0 Å². The summed E-state index contributed by atoms with van der Waals surface area (Å²) in [5.74, 6) is 0.400. The molecule has 1 aromatic carbocycles. The lowest BCUT2D eigenvalue weighted by Gasteiger charge is -2.18. The standard InChI is InChI=1S/C14H11ClN4O2/c1-18(9-11-4-2-3-10(5-11)8-16)14-7-12(19(20)21)6-13(15)17-14/h2-7H,9H2,1H3. The number of pyridine rings is 1. The van der Waals surface area contributed by atoms with Crippen LogP contribution in [0.1, 0.15) is 11.1 Å². The number of nitrogens with zero attached hydrogens (tertiary/aromatic N) is 4.